The molecule has 0 radical (unpaired) electrons. The first-order chi connectivity index (χ1) is 8.03. The van der Waals surface area contributed by atoms with Gasteiger partial charge in [0, 0.05) is 18.3 Å². The monoisotopic (exact) mass is 239 g/mol. The highest BCUT2D eigenvalue weighted by Crippen LogP contribution is 2.13. The largest absolute Gasteiger partial charge is 0.475 e. The van der Waals surface area contributed by atoms with Gasteiger partial charge in [0.05, 0.1) is 12.2 Å². The molecule has 0 saturated heterocycles. The van der Waals surface area contributed by atoms with Crippen molar-refractivity contribution in [3.63, 3.8) is 0 Å². The lowest BCUT2D eigenvalue weighted by molar-refractivity contribution is -0.0169. The molecule has 1 heterocycles. The molecule has 0 saturated carbocycles. The van der Waals surface area contributed by atoms with E-state index in [1.807, 2.05) is 27.8 Å². The first-order valence-electron chi connectivity index (χ1n) is 5.73. The van der Waals surface area contributed by atoms with Crippen LogP contribution < -0.4 is 10.1 Å². The third-order valence-electron chi connectivity index (χ3n) is 1.97. The molecule has 0 unspecified atom stereocenters. The fraction of sp³-hybridized carbons (Fsp3) is 0.667. The van der Waals surface area contributed by atoms with Gasteiger partial charge >= 0.3 is 0 Å². The van der Waals surface area contributed by atoms with Crippen molar-refractivity contribution < 1.29 is 9.47 Å². The minimum absolute atomic E-state index is 0.136. The summed E-state index contributed by atoms with van der Waals surface area (Å²) < 4.78 is 11.1. The highest BCUT2D eigenvalue weighted by Gasteiger charge is 2.10. The normalized spacial score (nSPS) is 11.5. The van der Waals surface area contributed by atoms with Crippen LogP contribution in [0, 0.1) is 0 Å². The standard InChI is InChI=1S/C12H21N3O2/c1-12(2,3)17-6-5-16-11-10(7-13-4)8-14-9-15-11/h8-9,13H,5-7H2,1-4H3. The lowest BCUT2D eigenvalue weighted by Crippen LogP contribution is -2.23. The van der Waals surface area contributed by atoms with Crippen LogP contribution in [0.15, 0.2) is 12.5 Å². The molecule has 1 aromatic rings. The molecule has 1 rings (SSSR count). The number of nitrogens with zero attached hydrogens (tertiary/aromatic N) is 2. The molecule has 0 aliphatic carbocycles. The Morgan fingerprint density at radius 3 is 2.71 bits per heavy atom. The number of hydrogen-bond acceptors (Lipinski definition) is 5. The summed E-state index contributed by atoms with van der Waals surface area (Å²) in [7, 11) is 1.87. The lowest BCUT2D eigenvalue weighted by atomic mass is 10.2. The molecular formula is C12H21N3O2. The molecule has 0 aliphatic heterocycles. The Bertz CT molecular complexity index is 337. The van der Waals surface area contributed by atoms with Gasteiger partial charge in [0.2, 0.25) is 5.88 Å². The van der Waals surface area contributed by atoms with E-state index in [0.29, 0.717) is 25.6 Å². The van der Waals surface area contributed by atoms with Crippen molar-refractivity contribution in [2.24, 2.45) is 0 Å². The Hall–Kier alpha value is -1.20. The van der Waals surface area contributed by atoms with E-state index in [-0.39, 0.29) is 5.60 Å². The van der Waals surface area contributed by atoms with Crippen molar-refractivity contribution in [3.05, 3.63) is 18.1 Å². The number of rotatable bonds is 6. The van der Waals surface area contributed by atoms with Gasteiger partial charge in [-0.25, -0.2) is 9.97 Å². The molecule has 0 spiro atoms. The van der Waals surface area contributed by atoms with E-state index in [0.717, 1.165) is 5.56 Å². The average Bonchev–Trinajstić information content (AvgIpc) is 2.25. The Morgan fingerprint density at radius 2 is 2.06 bits per heavy atom. The predicted molar refractivity (Wildman–Crippen MR) is 66.0 cm³/mol. The molecule has 5 nitrogen and oxygen atoms in total. The van der Waals surface area contributed by atoms with Crippen LogP contribution in [0.2, 0.25) is 0 Å². The quantitative estimate of drug-likeness (QED) is 0.760. The fourth-order valence-electron chi connectivity index (χ4n) is 1.28. The summed E-state index contributed by atoms with van der Waals surface area (Å²) >= 11 is 0. The first kappa shape index (κ1) is 13.9. The first-order valence-corrected chi connectivity index (χ1v) is 5.73. The SMILES string of the molecule is CNCc1cncnc1OCCOC(C)(C)C. The highest BCUT2D eigenvalue weighted by atomic mass is 16.5. The van der Waals surface area contributed by atoms with Gasteiger partial charge in [0.15, 0.2) is 0 Å². The zero-order valence-corrected chi connectivity index (χ0v) is 11.0. The second kappa shape index (κ2) is 6.51. The van der Waals surface area contributed by atoms with Crippen LogP contribution >= 0.6 is 0 Å². The summed E-state index contributed by atoms with van der Waals surface area (Å²) in [5, 5.41) is 3.05. The number of ether oxygens (including phenoxy) is 2. The zero-order valence-electron chi connectivity index (χ0n) is 11.0. The van der Waals surface area contributed by atoms with Crippen molar-refractivity contribution in [1.29, 1.82) is 0 Å². The van der Waals surface area contributed by atoms with E-state index >= 15 is 0 Å². The van der Waals surface area contributed by atoms with Crippen molar-refractivity contribution in [2.75, 3.05) is 20.3 Å². The molecule has 96 valence electrons. The Morgan fingerprint density at radius 1 is 1.29 bits per heavy atom. The van der Waals surface area contributed by atoms with Crippen molar-refractivity contribution in [2.45, 2.75) is 32.9 Å². The van der Waals surface area contributed by atoms with Crippen molar-refractivity contribution >= 4 is 0 Å². The maximum absolute atomic E-state index is 5.57. The van der Waals surface area contributed by atoms with E-state index in [4.69, 9.17) is 9.47 Å². The van der Waals surface area contributed by atoms with Gasteiger partial charge in [-0.15, -0.1) is 0 Å². The molecule has 0 fully saturated rings. The van der Waals surface area contributed by atoms with Crippen LogP contribution in [0.4, 0.5) is 0 Å². The molecule has 0 atom stereocenters. The summed E-state index contributed by atoms with van der Waals surface area (Å²) in [6.45, 7) is 7.78. The maximum atomic E-state index is 5.57. The average molecular weight is 239 g/mol. The number of hydrogen-bond donors (Lipinski definition) is 1. The lowest BCUT2D eigenvalue weighted by Gasteiger charge is -2.19. The summed E-state index contributed by atoms with van der Waals surface area (Å²) in [6.07, 6.45) is 3.24. The molecule has 0 aliphatic rings. The summed E-state index contributed by atoms with van der Waals surface area (Å²) in [5.74, 6) is 0.617. The Kier molecular flexibility index (Phi) is 5.31. The van der Waals surface area contributed by atoms with Gasteiger partial charge < -0.3 is 14.8 Å². The van der Waals surface area contributed by atoms with Crippen LogP contribution in [-0.4, -0.2) is 35.8 Å². The van der Waals surface area contributed by atoms with E-state index in [2.05, 4.69) is 15.3 Å². The van der Waals surface area contributed by atoms with Gasteiger partial charge in [0.25, 0.3) is 0 Å². The van der Waals surface area contributed by atoms with Crippen LogP contribution in [-0.2, 0) is 11.3 Å². The minimum atomic E-state index is -0.136. The third-order valence-corrected chi connectivity index (χ3v) is 1.97. The molecular weight excluding hydrogens is 218 g/mol. The second-order valence-corrected chi connectivity index (χ2v) is 4.69. The van der Waals surface area contributed by atoms with Crippen molar-refractivity contribution in [3.8, 4) is 5.88 Å². The summed E-state index contributed by atoms with van der Waals surface area (Å²) in [6, 6.07) is 0. The highest BCUT2D eigenvalue weighted by molar-refractivity contribution is 5.21. The Labute approximate surface area is 103 Å². The Balaban J connectivity index is 2.41. The predicted octanol–water partition coefficient (Wildman–Crippen LogP) is 1.39. The van der Waals surface area contributed by atoms with E-state index in [1.54, 1.807) is 6.20 Å². The topological polar surface area (TPSA) is 56.3 Å². The third kappa shape index (κ3) is 5.60. The van der Waals surface area contributed by atoms with Crippen LogP contribution in [0.25, 0.3) is 0 Å². The molecule has 1 N–H and O–H groups in total. The van der Waals surface area contributed by atoms with Gasteiger partial charge in [0.1, 0.15) is 12.9 Å². The van der Waals surface area contributed by atoms with Crippen molar-refractivity contribution in [1.82, 2.24) is 15.3 Å². The second-order valence-electron chi connectivity index (χ2n) is 4.69. The van der Waals surface area contributed by atoms with Crippen LogP contribution in [0.1, 0.15) is 26.3 Å². The van der Waals surface area contributed by atoms with E-state index in [9.17, 15) is 0 Å². The zero-order chi connectivity index (χ0) is 12.7. The molecule has 17 heavy (non-hydrogen) atoms. The van der Waals surface area contributed by atoms with Gasteiger partial charge in [-0.1, -0.05) is 0 Å². The molecule has 0 aromatic carbocycles. The number of nitrogens with one attached hydrogen (secondary N) is 1. The van der Waals surface area contributed by atoms with Crippen LogP contribution in [0.3, 0.4) is 0 Å². The van der Waals surface area contributed by atoms with Gasteiger partial charge in [-0.2, -0.15) is 0 Å². The minimum Gasteiger partial charge on any atom is -0.475 e. The smallest absolute Gasteiger partial charge is 0.221 e. The van der Waals surface area contributed by atoms with E-state index in [1.165, 1.54) is 6.33 Å². The molecule has 0 bridgehead atoms. The van der Waals surface area contributed by atoms with Gasteiger partial charge in [-0.3, -0.25) is 0 Å². The molecule has 1 aromatic heterocycles. The van der Waals surface area contributed by atoms with Crippen LogP contribution in [0.5, 0.6) is 5.88 Å². The summed E-state index contributed by atoms with van der Waals surface area (Å²) in [5.41, 5.74) is 0.814. The molecule has 0 amide bonds. The maximum Gasteiger partial charge on any atom is 0.221 e. The number of aromatic nitrogens is 2. The fourth-order valence-corrected chi connectivity index (χ4v) is 1.28. The van der Waals surface area contributed by atoms with Gasteiger partial charge in [-0.05, 0) is 27.8 Å². The van der Waals surface area contributed by atoms with E-state index < -0.39 is 0 Å². The molecule has 5 heteroatoms. The summed E-state index contributed by atoms with van der Waals surface area (Å²) in [4.78, 5) is 8.07.